The monoisotopic (exact) mass is 449 g/mol. The molecule has 1 spiro atoms. The van der Waals surface area contributed by atoms with Crippen LogP contribution in [0.1, 0.15) is 72.0 Å². The average Bonchev–Trinajstić information content (AvgIpc) is 3.13. The van der Waals surface area contributed by atoms with E-state index in [4.69, 9.17) is 19.0 Å². The highest BCUT2D eigenvalue weighted by molar-refractivity contribution is 5.85. The van der Waals surface area contributed by atoms with Gasteiger partial charge in [0.05, 0.1) is 12.6 Å². The first-order chi connectivity index (χ1) is 15.0. The van der Waals surface area contributed by atoms with Crippen LogP contribution in [0.3, 0.4) is 0 Å². The first kappa shape index (κ1) is 24.6. The Kier molecular flexibility index (Phi) is 7.00. The third-order valence-electron chi connectivity index (χ3n) is 6.77. The largest absolute Gasteiger partial charge is 0.479 e. The minimum Gasteiger partial charge on any atom is -0.479 e. The number of rotatable bonds is 7. The van der Waals surface area contributed by atoms with Gasteiger partial charge in [-0.1, -0.05) is 44.2 Å². The number of carbonyl (C=O) groups excluding carboxylic acids is 1. The molecule has 0 aliphatic carbocycles. The Balaban J connectivity index is 1.95. The van der Waals surface area contributed by atoms with Gasteiger partial charge in [-0.05, 0) is 39.2 Å². The number of carboxylic acid groups (broad SMARTS) is 1. The Morgan fingerprint density at radius 3 is 2.25 bits per heavy atom. The highest BCUT2D eigenvalue weighted by Gasteiger charge is 2.64. The van der Waals surface area contributed by atoms with Crippen molar-refractivity contribution >= 4 is 11.9 Å². The molecule has 1 aromatic carbocycles. The number of carbonyl (C=O) groups is 2. The van der Waals surface area contributed by atoms with Gasteiger partial charge in [0.15, 0.2) is 18.0 Å². The Morgan fingerprint density at radius 1 is 1.12 bits per heavy atom. The van der Waals surface area contributed by atoms with Crippen LogP contribution in [0.15, 0.2) is 30.3 Å². The molecule has 32 heavy (non-hydrogen) atoms. The zero-order valence-corrected chi connectivity index (χ0v) is 19.8. The van der Waals surface area contributed by atoms with Crippen LogP contribution in [0.25, 0.3) is 0 Å². The minimum atomic E-state index is -1.42. The van der Waals surface area contributed by atoms with Crippen LogP contribution < -0.4 is 0 Å². The van der Waals surface area contributed by atoms with Crippen molar-refractivity contribution in [1.82, 2.24) is 5.06 Å². The summed E-state index contributed by atoms with van der Waals surface area (Å²) in [6.07, 6.45) is -0.749. The van der Waals surface area contributed by atoms with Crippen LogP contribution in [-0.4, -0.2) is 58.3 Å². The minimum absolute atomic E-state index is 0.179. The molecule has 178 valence electrons. The zero-order chi connectivity index (χ0) is 23.7. The number of methoxy groups -OCH3 is 1. The SMILES string of the molecule is CCC1(CC)CC2(CC(C)(C)N1OC(C)c1ccccc1)OC(C(=O)O)C(C(=O)OC)O2. The number of aliphatic carboxylic acids is 1. The Hall–Kier alpha value is -2.00. The lowest BCUT2D eigenvalue weighted by molar-refractivity contribution is -0.360. The fourth-order valence-corrected chi connectivity index (χ4v) is 5.24. The maximum Gasteiger partial charge on any atom is 0.338 e. The second kappa shape index (κ2) is 9.09. The van der Waals surface area contributed by atoms with Crippen LogP contribution in [-0.2, 0) is 28.6 Å². The van der Waals surface area contributed by atoms with Gasteiger partial charge < -0.3 is 19.3 Å². The molecule has 2 heterocycles. The van der Waals surface area contributed by atoms with Crippen molar-refractivity contribution in [2.24, 2.45) is 0 Å². The summed E-state index contributed by atoms with van der Waals surface area (Å²) in [7, 11) is 1.21. The van der Waals surface area contributed by atoms with E-state index in [1.165, 1.54) is 7.11 Å². The first-order valence-corrected chi connectivity index (χ1v) is 11.2. The smallest absolute Gasteiger partial charge is 0.338 e. The van der Waals surface area contributed by atoms with E-state index in [1.807, 2.05) is 51.1 Å². The Morgan fingerprint density at radius 2 is 1.72 bits per heavy atom. The lowest BCUT2D eigenvalue weighted by Gasteiger charge is -2.59. The second-order valence-electron chi connectivity index (χ2n) is 9.40. The summed E-state index contributed by atoms with van der Waals surface area (Å²) in [4.78, 5) is 30.7. The maximum atomic E-state index is 12.3. The fraction of sp³-hybridized carbons (Fsp3) is 0.667. The van der Waals surface area contributed by atoms with Crippen LogP contribution in [0.5, 0.6) is 0 Å². The molecule has 1 aromatic rings. The number of hydroxylamine groups is 2. The van der Waals surface area contributed by atoms with Crippen molar-refractivity contribution in [2.75, 3.05) is 7.11 Å². The number of hydrogen-bond donors (Lipinski definition) is 1. The predicted molar refractivity (Wildman–Crippen MR) is 117 cm³/mol. The number of ether oxygens (including phenoxy) is 3. The molecular formula is C24H35NO7. The highest BCUT2D eigenvalue weighted by atomic mass is 16.8. The van der Waals surface area contributed by atoms with Gasteiger partial charge in [-0.3, -0.25) is 4.84 Å². The average molecular weight is 450 g/mol. The molecule has 3 rings (SSSR count). The van der Waals surface area contributed by atoms with E-state index in [-0.39, 0.29) is 6.10 Å². The lowest BCUT2D eigenvalue weighted by Crippen LogP contribution is -2.67. The molecular weight excluding hydrogens is 414 g/mol. The summed E-state index contributed by atoms with van der Waals surface area (Å²) in [5.41, 5.74) is 0.00926. The van der Waals surface area contributed by atoms with Crippen molar-refractivity contribution in [3.8, 4) is 0 Å². The van der Waals surface area contributed by atoms with Gasteiger partial charge >= 0.3 is 11.9 Å². The summed E-state index contributed by atoms with van der Waals surface area (Å²) in [6, 6.07) is 10.0. The molecule has 8 heteroatoms. The van der Waals surface area contributed by atoms with Crippen molar-refractivity contribution < 1.29 is 33.7 Å². The number of esters is 1. The zero-order valence-electron chi connectivity index (χ0n) is 19.8. The van der Waals surface area contributed by atoms with E-state index < -0.39 is 41.0 Å². The van der Waals surface area contributed by atoms with Gasteiger partial charge in [-0.2, -0.15) is 5.06 Å². The summed E-state index contributed by atoms with van der Waals surface area (Å²) in [5, 5.41) is 11.7. The molecule has 0 aromatic heterocycles. The fourth-order valence-electron chi connectivity index (χ4n) is 5.24. The summed E-state index contributed by atoms with van der Waals surface area (Å²) in [6.45, 7) is 10.2. The maximum absolute atomic E-state index is 12.3. The van der Waals surface area contributed by atoms with Gasteiger partial charge in [0.2, 0.25) is 0 Å². The third kappa shape index (κ3) is 4.41. The summed E-state index contributed by atoms with van der Waals surface area (Å²) >= 11 is 0. The van der Waals surface area contributed by atoms with Crippen LogP contribution in [0.2, 0.25) is 0 Å². The summed E-state index contributed by atoms with van der Waals surface area (Å²) < 4.78 is 16.9. The number of benzene rings is 1. The number of piperidine rings is 1. The molecule has 0 amide bonds. The van der Waals surface area contributed by atoms with E-state index in [0.717, 1.165) is 18.4 Å². The lowest BCUT2D eigenvalue weighted by atomic mass is 9.73. The van der Waals surface area contributed by atoms with Crippen LogP contribution in [0.4, 0.5) is 0 Å². The Labute approximate surface area is 189 Å². The van der Waals surface area contributed by atoms with E-state index in [0.29, 0.717) is 12.8 Å². The molecule has 2 aliphatic heterocycles. The third-order valence-corrected chi connectivity index (χ3v) is 6.77. The predicted octanol–water partition coefficient (Wildman–Crippen LogP) is 3.85. The van der Waals surface area contributed by atoms with Gasteiger partial charge in [0, 0.05) is 18.4 Å². The van der Waals surface area contributed by atoms with Crippen LogP contribution in [0, 0.1) is 0 Å². The first-order valence-electron chi connectivity index (χ1n) is 11.2. The topological polar surface area (TPSA) is 94.5 Å². The molecule has 0 radical (unpaired) electrons. The molecule has 4 atom stereocenters. The molecule has 1 N–H and O–H groups in total. The van der Waals surface area contributed by atoms with Gasteiger partial charge in [0.25, 0.3) is 0 Å². The number of carboxylic acids is 1. The Bertz CT molecular complexity index is 823. The van der Waals surface area contributed by atoms with Crippen molar-refractivity contribution in [3.05, 3.63) is 35.9 Å². The molecule has 0 saturated carbocycles. The number of hydrogen-bond acceptors (Lipinski definition) is 7. The van der Waals surface area contributed by atoms with Crippen LogP contribution >= 0.6 is 0 Å². The molecule has 4 unspecified atom stereocenters. The standard InChI is InChI=1S/C24H35NO7/c1-7-23(8-2)15-24(30-18(20(26)27)19(31-24)21(28)29-6)14-22(4,5)25(23)32-16(3)17-12-10-9-11-13-17/h9-13,16,18-19H,7-8,14-15H2,1-6H3,(H,26,27). The second-order valence-corrected chi connectivity index (χ2v) is 9.40. The molecule has 8 nitrogen and oxygen atoms in total. The summed E-state index contributed by atoms with van der Waals surface area (Å²) in [5.74, 6) is -3.22. The normalized spacial score (nSPS) is 30.2. The molecule has 2 aliphatic rings. The van der Waals surface area contributed by atoms with E-state index in [2.05, 4.69) is 18.9 Å². The molecule has 2 saturated heterocycles. The van der Waals surface area contributed by atoms with E-state index in [9.17, 15) is 14.7 Å². The van der Waals surface area contributed by atoms with Gasteiger partial charge in [-0.25, -0.2) is 9.59 Å². The van der Waals surface area contributed by atoms with Gasteiger partial charge in [0.1, 0.15) is 6.10 Å². The van der Waals surface area contributed by atoms with Crippen molar-refractivity contribution in [1.29, 1.82) is 0 Å². The quantitative estimate of drug-likeness (QED) is 0.628. The van der Waals surface area contributed by atoms with Crippen molar-refractivity contribution in [2.45, 2.75) is 95.5 Å². The van der Waals surface area contributed by atoms with Crippen molar-refractivity contribution in [3.63, 3.8) is 0 Å². The van der Waals surface area contributed by atoms with E-state index in [1.54, 1.807) is 0 Å². The highest BCUT2D eigenvalue weighted by Crippen LogP contribution is 2.53. The number of nitrogens with zero attached hydrogens (tertiary/aromatic N) is 1. The van der Waals surface area contributed by atoms with Gasteiger partial charge in [-0.15, -0.1) is 0 Å². The molecule has 2 fully saturated rings. The van der Waals surface area contributed by atoms with E-state index >= 15 is 0 Å². The molecule has 0 bridgehead atoms.